The van der Waals surface area contributed by atoms with E-state index in [0.29, 0.717) is 19.6 Å². The van der Waals surface area contributed by atoms with E-state index >= 15 is 0 Å². The average molecular weight is 395 g/mol. The summed E-state index contributed by atoms with van der Waals surface area (Å²) in [5, 5.41) is 6.70. The number of nitrogens with one attached hydrogen (secondary N) is 1. The molecule has 1 N–H and O–H groups in total. The largest absolute Gasteiger partial charge is 0.348 e. The van der Waals surface area contributed by atoms with Gasteiger partial charge in [0.05, 0.1) is 5.56 Å². The second-order valence-corrected chi connectivity index (χ2v) is 9.23. The van der Waals surface area contributed by atoms with Crippen molar-refractivity contribution < 1.29 is 13.2 Å². The van der Waals surface area contributed by atoms with Crippen LogP contribution in [0.15, 0.2) is 35.5 Å². The van der Waals surface area contributed by atoms with Gasteiger partial charge < -0.3 is 5.32 Å². The normalized spacial score (nSPS) is 15.8. The quantitative estimate of drug-likeness (QED) is 0.829. The summed E-state index contributed by atoms with van der Waals surface area (Å²) >= 11 is 1.72. The predicted octanol–water partition coefficient (Wildman–Crippen LogP) is 1.40. The van der Waals surface area contributed by atoms with Crippen molar-refractivity contribution in [2.45, 2.75) is 18.5 Å². The standard InChI is InChI=1S/C17H22N4O3S2/c1-13-5-3-4-6-14(13)11-18-16(22)15-12-20(2)19-17(15)26(23,24)21-7-9-25-10-8-21/h3-6,12H,7-11H2,1-2H3,(H,18,22). The van der Waals surface area contributed by atoms with Gasteiger partial charge in [0.15, 0.2) is 0 Å². The van der Waals surface area contributed by atoms with Crippen molar-refractivity contribution in [3.8, 4) is 0 Å². The third-order valence-electron chi connectivity index (χ3n) is 4.29. The fourth-order valence-corrected chi connectivity index (χ4v) is 5.50. The van der Waals surface area contributed by atoms with Crippen LogP contribution in [0.3, 0.4) is 0 Å². The summed E-state index contributed by atoms with van der Waals surface area (Å²) in [6.07, 6.45) is 1.46. The molecule has 2 heterocycles. The topological polar surface area (TPSA) is 84.3 Å². The Balaban J connectivity index is 1.82. The summed E-state index contributed by atoms with van der Waals surface area (Å²) in [7, 11) is -2.17. The Labute approximate surface area is 157 Å². The van der Waals surface area contributed by atoms with Gasteiger partial charge in [-0.25, -0.2) is 8.42 Å². The van der Waals surface area contributed by atoms with E-state index in [1.165, 1.54) is 15.2 Å². The number of nitrogens with zero attached hydrogens (tertiary/aromatic N) is 3. The second kappa shape index (κ2) is 7.81. The van der Waals surface area contributed by atoms with Crippen LogP contribution in [0.1, 0.15) is 21.5 Å². The molecule has 1 aliphatic heterocycles. The highest BCUT2D eigenvalue weighted by Gasteiger charge is 2.33. The molecule has 26 heavy (non-hydrogen) atoms. The lowest BCUT2D eigenvalue weighted by Crippen LogP contribution is -2.39. The highest BCUT2D eigenvalue weighted by molar-refractivity contribution is 7.99. The molecule has 0 atom stereocenters. The first-order valence-electron chi connectivity index (χ1n) is 8.34. The van der Waals surface area contributed by atoms with E-state index in [9.17, 15) is 13.2 Å². The maximum absolute atomic E-state index is 12.9. The van der Waals surface area contributed by atoms with Crippen LogP contribution in [0.5, 0.6) is 0 Å². The molecule has 0 radical (unpaired) electrons. The highest BCUT2D eigenvalue weighted by atomic mass is 32.2. The molecule has 1 amide bonds. The summed E-state index contributed by atoms with van der Waals surface area (Å²) in [6.45, 7) is 3.18. The van der Waals surface area contributed by atoms with Gasteiger partial charge in [-0.05, 0) is 18.1 Å². The first-order valence-corrected chi connectivity index (χ1v) is 10.9. The number of benzene rings is 1. The zero-order valence-corrected chi connectivity index (χ0v) is 16.4. The van der Waals surface area contributed by atoms with Crippen LogP contribution in [0.25, 0.3) is 0 Å². The number of thioether (sulfide) groups is 1. The summed E-state index contributed by atoms with van der Waals surface area (Å²) in [6, 6.07) is 7.74. The van der Waals surface area contributed by atoms with Crippen molar-refractivity contribution in [1.82, 2.24) is 19.4 Å². The molecule has 2 aromatic rings. The Bertz CT molecular complexity index is 902. The molecular formula is C17H22N4O3S2. The Hall–Kier alpha value is -1.84. The molecule has 9 heteroatoms. The van der Waals surface area contributed by atoms with Crippen molar-refractivity contribution in [3.63, 3.8) is 0 Å². The Kier molecular flexibility index (Phi) is 5.69. The molecular weight excluding hydrogens is 372 g/mol. The van der Waals surface area contributed by atoms with Gasteiger partial charge in [-0.2, -0.15) is 21.2 Å². The van der Waals surface area contributed by atoms with Crippen LogP contribution >= 0.6 is 11.8 Å². The SMILES string of the molecule is Cc1ccccc1CNC(=O)c1cn(C)nc1S(=O)(=O)N1CCSCC1. The van der Waals surface area contributed by atoms with E-state index in [1.54, 1.807) is 18.8 Å². The van der Waals surface area contributed by atoms with E-state index in [-0.39, 0.29) is 10.6 Å². The van der Waals surface area contributed by atoms with Crippen molar-refractivity contribution in [3.05, 3.63) is 47.2 Å². The molecule has 0 bridgehead atoms. The first-order chi connectivity index (χ1) is 12.4. The van der Waals surface area contributed by atoms with Gasteiger partial charge in [0.1, 0.15) is 0 Å². The molecule has 140 valence electrons. The van der Waals surface area contributed by atoms with Crippen molar-refractivity contribution >= 4 is 27.7 Å². The van der Waals surface area contributed by atoms with E-state index in [1.807, 2.05) is 31.2 Å². The van der Waals surface area contributed by atoms with Crippen LogP contribution in [0, 0.1) is 6.92 Å². The van der Waals surface area contributed by atoms with Crippen molar-refractivity contribution in [2.24, 2.45) is 7.05 Å². The van der Waals surface area contributed by atoms with Crippen molar-refractivity contribution in [2.75, 3.05) is 24.6 Å². The Morgan fingerprint density at radius 3 is 2.65 bits per heavy atom. The zero-order chi connectivity index (χ0) is 18.7. The van der Waals surface area contributed by atoms with Crippen LogP contribution in [0.2, 0.25) is 0 Å². The fraction of sp³-hybridized carbons (Fsp3) is 0.412. The molecule has 1 aromatic carbocycles. The zero-order valence-electron chi connectivity index (χ0n) is 14.8. The Morgan fingerprint density at radius 2 is 1.96 bits per heavy atom. The van der Waals surface area contributed by atoms with E-state index < -0.39 is 15.9 Å². The number of carbonyl (C=O) groups excluding carboxylic acids is 1. The van der Waals surface area contributed by atoms with Crippen LogP contribution in [-0.4, -0.2) is 53.0 Å². The minimum absolute atomic E-state index is 0.0827. The van der Waals surface area contributed by atoms with Gasteiger partial charge in [-0.15, -0.1) is 0 Å². The lowest BCUT2D eigenvalue weighted by Gasteiger charge is -2.24. The second-order valence-electron chi connectivity index (χ2n) is 6.15. The van der Waals surface area contributed by atoms with Gasteiger partial charge in [0.25, 0.3) is 15.9 Å². The number of hydrogen-bond acceptors (Lipinski definition) is 5. The van der Waals surface area contributed by atoms with E-state index in [4.69, 9.17) is 0 Å². The molecule has 3 rings (SSSR count). The lowest BCUT2D eigenvalue weighted by molar-refractivity contribution is 0.0947. The summed E-state index contributed by atoms with van der Waals surface area (Å²) in [5.41, 5.74) is 2.14. The molecule has 0 unspecified atom stereocenters. The van der Waals surface area contributed by atoms with Gasteiger partial charge >= 0.3 is 0 Å². The smallest absolute Gasteiger partial charge is 0.263 e. The lowest BCUT2D eigenvalue weighted by atomic mass is 10.1. The fourth-order valence-electron chi connectivity index (χ4n) is 2.80. The molecule has 0 spiro atoms. The molecule has 0 saturated carbocycles. The molecule has 1 saturated heterocycles. The highest BCUT2D eigenvalue weighted by Crippen LogP contribution is 2.22. The molecule has 0 aliphatic carbocycles. The molecule has 1 fully saturated rings. The number of hydrogen-bond donors (Lipinski definition) is 1. The van der Waals surface area contributed by atoms with Gasteiger partial charge in [0.2, 0.25) is 5.03 Å². The maximum Gasteiger partial charge on any atom is 0.263 e. The molecule has 1 aliphatic rings. The average Bonchev–Trinajstić information content (AvgIpc) is 3.04. The van der Waals surface area contributed by atoms with E-state index in [2.05, 4.69) is 10.4 Å². The van der Waals surface area contributed by atoms with Gasteiger partial charge in [0, 0.05) is 44.4 Å². The van der Waals surface area contributed by atoms with Crippen LogP contribution in [-0.2, 0) is 23.6 Å². The predicted molar refractivity (Wildman–Crippen MR) is 102 cm³/mol. The summed E-state index contributed by atoms with van der Waals surface area (Å²) in [4.78, 5) is 12.6. The summed E-state index contributed by atoms with van der Waals surface area (Å²) in [5.74, 6) is 1.06. The number of amides is 1. The Morgan fingerprint density at radius 1 is 1.27 bits per heavy atom. The number of aryl methyl sites for hydroxylation is 2. The van der Waals surface area contributed by atoms with E-state index in [0.717, 1.165) is 22.6 Å². The van der Waals surface area contributed by atoms with Crippen LogP contribution < -0.4 is 5.32 Å². The van der Waals surface area contributed by atoms with Gasteiger partial charge in [-0.3, -0.25) is 9.48 Å². The monoisotopic (exact) mass is 394 g/mol. The first kappa shape index (κ1) is 18.9. The third kappa shape index (κ3) is 3.94. The maximum atomic E-state index is 12.9. The molecule has 1 aromatic heterocycles. The number of carbonyl (C=O) groups is 1. The van der Waals surface area contributed by atoms with Crippen LogP contribution in [0.4, 0.5) is 0 Å². The third-order valence-corrected chi connectivity index (χ3v) is 7.07. The molecule has 7 nitrogen and oxygen atoms in total. The minimum Gasteiger partial charge on any atom is -0.348 e. The van der Waals surface area contributed by atoms with Gasteiger partial charge in [-0.1, -0.05) is 24.3 Å². The number of sulfonamides is 1. The number of rotatable bonds is 5. The summed E-state index contributed by atoms with van der Waals surface area (Å²) < 4.78 is 28.6. The number of aromatic nitrogens is 2. The minimum atomic E-state index is -3.78. The van der Waals surface area contributed by atoms with Crippen molar-refractivity contribution in [1.29, 1.82) is 0 Å².